The van der Waals surface area contributed by atoms with Crippen LogP contribution in [0.3, 0.4) is 0 Å². The maximum atomic E-state index is 12.6. The molecule has 0 saturated carbocycles. The number of hydrogen-bond acceptors (Lipinski definition) is 5. The Labute approximate surface area is 170 Å². The summed E-state index contributed by atoms with van der Waals surface area (Å²) in [6.07, 6.45) is 0.726. The fourth-order valence-corrected chi connectivity index (χ4v) is 4.24. The van der Waals surface area contributed by atoms with Crippen LogP contribution >= 0.6 is 0 Å². The van der Waals surface area contributed by atoms with E-state index in [2.05, 4.69) is 4.74 Å². The molecule has 1 N–H and O–H groups in total. The summed E-state index contributed by atoms with van der Waals surface area (Å²) >= 11 is 0. The van der Waals surface area contributed by atoms with Crippen molar-refractivity contribution >= 4 is 22.0 Å². The lowest BCUT2D eigenvalue weighted by atomic mass is 9.99. The molecule has 0 aromatic heterocycles. The Bertz CT molecular complexity index is 989. The van der Waals surface area contributed by atoms with Crippen LogP contribution in [0.25, 0.3) is 0 Å². The number of nitrogens with one attached hydrogen (secondary N) is 1. The van der Waals surface area contributed by atoms with Crippen LogP contribution < -0.4 is 4.72 Å². The first kappa shape index (κ1) is 20.9. The zero-order valence-electron chi connectivity index (χ0n) is 16.3. The van der Waals surface area contributed by atoms with Gasteiger partial charge in [-0.3, -0.25) is 4.79 Å². The van der Waals surface area contributed by atoms with Crippen molar-refractivity contribution in [3.8, 4) is 0 Å². The van der Waals surface area contributed by atoms with Crippen molar-refractivity contribution < 1.29 is 22.7 Å². The van der Waals surface area contributed by atoms with Crippen LogP contribution in [0, 0.1) is 0 Å². The van der Waals surface area contributed by atoms with Gasteiger partial charge in [-0.05, 0) is 48.6 Å². The first-order chi connectivity index (χ1) is 13.9. The van der Waals surface area contributed by atoms with Crippen molar-refractivity contribution in [2.75, 3.05) is 13.2 Å². The van der Waals surface area contributed by atoms with E-state index < -0.39 is 16.1 Å². The van der Waals surface area contributed by atoms with Gasteiger partial charge in [0.2, 0.25) is 5.91 Å². The summed E-state index contributed by atoms with van der Waals surface area (Å²) in [7, 11) is -4.03. The number of ether oxygens (including phenoxy) is 1. The first-order valence-corrected chi connectivity index (χ1v) is 11.0. The molecule has 3 rings (SSSR count). The van der Waals surface area contributed by atoms with Crippen LogP contribution in [0.5, 0.6) is 0 Å². The monoisotopic (exact) mass is 416 g/mol. The van der Waals surface area contributed by atoms with Gasteiger partial charge in [-0.1, -0.05) is 36.4 Å². The quantitative estimate of drug-likeness (QED) is 0.781. The number of nitrogens with zero attached hydrogens (tertiary/aromatic N) is 1. The molecule has 7 nitrogen and oxygen atoms in total. The van der Waals surface area contributed by atoms with Gasteiger partial charge >= 0.3 is 6.09 Å². The number of amides is 2. The second-order valence-electron chi connectivity index (χ2n) is 6.81. The number of hydrogen-bond donors (Lipinski definition) is 1. The van der Waals surface area contributed by atoms with Gasteiger partial charge in [-0.2, -0.15) is 0 Å². The Kier molecular flexibility index (Phi) is 6.53. The zero-order chi connectivity index (χ0) is 20.9. The second-order valence-corrected chi connectivity index (χ2v) is 8.49. The molecule has 2 amide bonds. The minimum absolute atomic E-state index is 0.0251. The van der Waals surface area contributed by atoms with Crippen LogP contribution in [0.1, 0.15) is 30.0 Å². The van der Waals surface area contributed by atoms with E-state index in [1.54, 1.807) is 17.9 Å². The van der Waals surface area contributed by atoms with Crippen LogP contribution in [-0.4, -0.2) is 38.5 Å². The lowest BCUT2D eigenvalue weighted by Gasteiger charge is -2.29. The molecular weight excluding hydrogens is 392 g/mol. The van der Waals surface area contributed by atoms with E-state index in [1.807, 2.05) is 35.1 Å². The van der Waals surface area contributed by atoms with Crippen molar-refractivity contribution in [3.05, 3.63) is 65.2 Å². The Morgan fingerprint density at radius 1 is 1.10 bits per heavy atom. The highest BCUT2D eigenvalue weighted by Crippen LogP contribution is 2.23. The van der Waals surface area contributed by atoms with E-state index in [4.69, 9.17) is 0 Å². The number of aryl methyl sites for hydroxylation is 1. The summed E-state index contributed by atoms with van der Waals surface area (Å²) < 4.78 is 31.3. The van der Waals surface area contributed by atoms with Crippen molar-refractivity contribution in [1.29, 1.82) is 0 Å². The molecule has 1 aliphatic rings. The number of benzene rings is 2. The molecule has 0 aliphatic carbocycles. The Morgan fingerprint density at radius 3 is 2.59 bits per heavy atom. The maximum absolute atomic E-state index is 12.6. The fourth-order valence-electron chi connectivity index (χ4n) is 3.30. The van der Waals surface area contributed by atoms with Crippen molar-refractivity contribution in [3.63, 3.8) is 0 Å². The molecule has 0 saturated heterocycles. The number of fused-ring (bicyclic) bond motifs is 1. The molecule has 29 heavy (non-hydrogen) atoms. The number of sulfonamides is 1. The first-order valence-electron chi connectivity index (χ1n) is 9.52. The molecule has 0 bridgehead atoms. The average Bonchev–Trinajstić information content (AvgIpc) is 2.71. The lowest BCUT2D eigenvalue weighted by molar-refractivity contribution is -0.132. The Hall–Kier alpha value is -2.87. The van der Waals surface area contributed by atoms with E-state index >= 15 is 0 Å². The molecular formula is C21H24N2O5S. The van der Waals surface area contributed by atoms with Crippen molar-refractivity contribution in [1.82, 2.24) is 9.62 Å². The Morgan fingerprint density at radius 2 is 1.86 bits per heavy atom. The van der Waals surface area contributed by atoms with Gasteiger partial charge in [0.1, 0.15) is 0 Å². The molecule has 2 aromatic rings. The van der Waals surface area contributed by atoms with Gasteiger partial charge in [0.15, 0.2) is 0 Å². The molecule has 0 radical (unpaired) electrons. The number of carbonyl (C=O) groups excluding carboxylic acids is 2. The van der Waals surface area contributed by atoms with E-state index in [0.717, 1.165) is 16.7 Å². The summed E-state index contributed by atoms with van der Waals surface area (Å²) in [6, 6.07) is 14.5. The third-order valence-corrected chi connectivity index (χ3v) is 6.13. The van der Waals surface area contributed by atoms with E-state index in [1.165, 1.54) is 12.1 Å². The van der Waals surface area contributed by atoms with Gasteiger partial charge in [0.05, 0.1) is 11.5 Å². The standard InChI is InChI=1S/C21H24N2O5S/c1-2-28-21(25)22-29(26,27)19-10-9-17-12-13-23(15-18(17)14-19)20(24)11-8-16-6-4-3-5-7-16/h3-7,9-10,14H,2,8,11-13,15H2,1H3,(H,22,25). The Balaban J connectivity index is 1.68. The van der Waals surface area contributed by atoms with E-state index in [0.29, 0.717) is 32.4 Å². The highest BCUT2D eigenvalue weighted by Gasteiger charge is 2.24. The smallest absolute Gasteiger partial charge is 0.421 e. The van der Waals surface area contributed by atoms with Crippen LogP contribution in [0.2, 0.25) is 0 Å². The second kappa shape index (κ2) is 9.09. The molecule has 0 spiro atoms. The summed E-state index contributed by atoms with van der Waals surface area (Å²) in [5.41, 5.74) is 2.89. The summed E-state index contributed by atoms with van der Waals surface area (Å²) in [6.45, 7) is 2.62. The van der Waals surface area contributed by atoms with Gasteiger partial charge < -0.3 is 9.64 Å². The minimum Gasteiger partial charge on any atom is -0.449 e. The molecule has 8 heteroatoms. The van der Waals surface area contributed by atoms with E-state index in [-0.39, 0.29) is 17.4 Å². The molecule has 1 aliphatic heterocycles. The lowest BCUT2D eigenvalue weighted by Crippen LogP contribution is -2.36. The van der Waals surface area contributed by atoms with Gasteiger partial charge in [-0.15, -0.1) is 0 Å². The van der Waals surface area contributed by atoms with Gasteiger partial charge in [-0.25, -0.2) is 17.9 Å². The molecule has 154 valence electrons. The van der Waals surface area contributed by atoms with E-state index in [9.17, 15) is 18.0 Å². The highest BCUT2D eigenvalue weighted by molar-refractivity contribution is 7.90. The fraction of sp³-hybridized carbons (Fsp3) is 0.333. The maximum Gasteiger partial charge on any atom is 0.421 e. The van der Waals surface area contributed by atoms with Crippen molar-refractivity contribution in [2.24, 2.45) is 0 Å². The van der Waals surface area contributed by atoms with Crippen LogP contribution in [-0.2, 0) is 38.9 Å². The predicted octanol–water partition coefficient (Wildman–Crippen LogP) is 2.64. The normalized spacial score (nSPS) is 13.5. The van der Waals surface area contributed by atoms with Crippen LogP contribution in [0.15, 0.2) is 53.4 Å². The minimum atomic E-state index is -4.03. The third kappa shape index (κ3) is 5.35. The summed E-state index contributed by atoms with van der Waals surface area (Å²) in [5.74, 6) is 0.0393. The summed E-state index contributed by atoms with van der Waals surface area (Å²) in [4.78, 5) is 25.8. The molecule has 1 heterocycles. The number of carbonyl (C=O) groups is 2. The topological polar surface area (TPSA) is 92.8 Å². The molecule has 0 unspecified atom stereocenters. The molecule has 0 atom stereocenters. The molecule has 0 fully saturated rings. The highest BCUT2D eigenvalue weighted by atomic mass is 32.2. The number of rotatable bonds is 6. The molecule has 2 aromatic carbocycles. The zero-order valence-corrected chi connectivity index (χ0v) is 17.1. The van der Waals surface area contributed by atoms with Crippen molar-refractivity contribution in [2.45, 2.75) is 37.6 Å². The van der Waals surface area contributed by atoms with Crippen LogP contribution in [0.4, 0.5) is 4.79 Å². The largest absolute Gasteiger partial charge is 0.449 e. The van der Waals surface area contributed by atoms with Gasteiger partial charge in [0.25, 0.3) is 10.0 Å². The average molecular weight is 416 g/mol. The van der Waals surface area contributed by atoms with Gasteiger partial charge in [0, 0.05) is 19.5 Å². The third-order valence-electron chi connectivity index (χ3n) is 4.82. The predicted molar refractivity (Wildman–Crippen MR) is 108 cm³/mol. The summed E-state index contributed by atoms with van der Waals surface area (Å²) in [5, 5.41) is 0. The SMILES string of the molecule is CCOC(=O)NS(=O)(=O)c1ccc2c(c1)CN(C(=O)CCc1ccccc1)CC2.